The largest absolute Gasteiger partial charge is 0.490 e. The van der Waals surface area contributed by atoms with Crippen molar-refractivity contribution in [3.63, 3.8) is 0 Å². The summed E-state index contributed by atoms with van der Waals surface area (Å²) < 4.78 is 13.9. The quantitative estimate of drug-likeness (QED) is 0.0790. The molecule has 1 aromatic heterocycles. The Labute approximate surface area is 243 Å². The van der Waals surface area contributed by atoms with Gasteiger partial charge in [-0.2, -0.15) is 9.78 Å². The summed E-state index contributed by atoms with van der Waals surface area (Å²) in [5, 5.41) is 16.1. The van der Waals surface area contributed by atoms with E-state index in [0.717, 1.165) is 9.13 Å². The third-order valence-corrected chi connectivity index (χ3v) is 6.75. The van der Waals surface area contributed by atoms with Gasteiger partial charge in [0.05, 0.1) is 32.2 Å². The molecule has 0 fully saturated rings. The zero-order valence-electron chi connectivity index (χ0n) is 21.4. The van der Waals surface area contributed by atoms with Crippen LogP contribution in [0.15, 0.2) is 101 Å². The molecule has 9 nitrogen and oxygen atoms in total. The van der Waals surface area contributed by atoms with Gasteiger partial charge in [0, 0.05) is 17.7 Å². The number of hydrogen-bond donors (Lipinski definition) is 0. The lowest BCUT2D eigenvalue weighted by atomic mass is 10.2. The topological polar surface area (TPSA) is 109 Å². The van der Waals surface area contributed by atoms with Crippen molar-refractivity contribution in [1.82, 2.24) is 9.66 Å². The maximum absolute atomic E-state index is 13.4. The second-order valence-electron chi connectivity index (χ2n) is 8.66. The van der Waals surface area contributed by atoms with Crippen molar-refractivity contribution >= 4 is 45.4 Å². The van der Waals surface area contributed by atoms with Crippen LogP contribution in [0.5, 0.6) is 11.5 Å². The first-order valence-corrected chi connectivity index (χ1v) is 13.5. The van der Waals surface area contributed by atoms with Gasteiger partial charge in [0.2, 0.25) is 0 Å². The van der Waals surface area contributed by atoms with Gasteiger partial charge in [-0.1, -0.05) is 54.6 Å². The minimum absolute atomic E-state index is 0.000632. The van der Waals surface area contributed by atoms with Crippen LogP contribution < -0.4 is 15.0 Å². The molecule has 5 aromatic rings. The molecule has 0 aliphatic rings. The van der Waals surface area contributed by atoms with E-state index in [1.54, 1.807) is 42.6 Å². The molecule has 0 spiro atoms. The molecule has 1 heterocycles. The zero-order valence-corrected chi connectivity index (χ0v) is 23.5. The van der Waals surface area contributed by atoms with Crippen molar-refractivity contribution in [1.29, 1.82) is 0 Å². The third kappa shape index (κ3) is 5.86. The summed E-state index contributed by atoms with van der Waals surface area (Å²) in [6.45, 7) is 2.39. The Morgan fingerprint density at radius 3 is 2.55 bits per heavy atom. The molecule has 0 atom stereocenters. The van der Waals surface area contributed by atoms with E-state index in [1.165, 1.54) is 16.8 Å². The van der Waals surface area contributed by atoms with E-state index >= 15 is 0 Å². The van der Waals surface area contributed by atoms with E-state index in [-0.39, 0.29) is 17.9 Å². The van der Waals surface area contributed by atoms with Crippen LogP contribution in [-0.2, 0) is 6.61 Å². The summed E-state index contributed by atoms with van der Waals surface area (Å²) in [6.07, 6.45) is 1.58. The monoisotopic (exact) mass is 646 g/mol. The molecule has 200 valence electrons. The number of benzene rings is 4. The number of halogens is 1. The standard InChI is InChI=1S/C30H23IN4O5/c1-2-39-27-17-21(16-25(31)28(27)40-19-20-9-8-12-23(15-20)35(37)38)18-32-34-29(22-10-4-3-5-11-22)33-26-14-7-6-13-24(26)30(34)36/h3-18H,2,19H2,1H3. The number of non-ortho nitro benzene ring substituents is 1. The maximum Gasteiger partial charge on any atom is 0.282 e. The zero-order chi connectivity index (χ0) is 28.1. The number of para-hydroxylation sites is 1. The molecule has 0 radical (unpaired) electrons. The third-order valence-electron chi connectivity index (χ3n) is 5.94. The van der Waals surface area contributed by atoms with Gasteiger partial charge in [-0.05, 0) is 64.9 Å². The number of rotatable bonds is 9. The van der Waals surface area contributed by atoms with Gasteiger partial charge in [0.1, 0.15) is 6.61 Å². The van der Waals surface area contributed by atoms with Gasteiger partial charge in [0.15, 0.2) is 17.3 Å². The summed E-state index contributed by atoms with van der Waals surface area (Å²) in [6, 6.07) is 26.5. The van der Waals surface area contributed by atoms with E-state index in [9.17, 15) is 14.9 Å². The van der Waals surface area contributed by atoms with Crippen molar-refractivity contribution in [2.45, 2.75) is 13.5 Å². The van der Waals surface area contributed by atoms with E-state index in [1.807, 2.05) is 49.4 Å². The number of nitro benzene ring substituents is 1. The van der Waals surface area contributed by atoms with Crippen molar-refractivity contribution < 1.29 is 14.4 Å². The van der Waals surface area contributed by atoms with Crippen LogP contribution in [-0.4, -0.2) is 27.4 Å². The lowest BCUT2D eigenvalue weighted by molar-refractivity contribution is -0.384. The van der Waals surface area contributed by atoms with Crippen LogP contribution in [0.3, 0.4) is 0 Å². The number of aromatic nitrogens is 2. The Morgan fingerprint density at radius 2 is 1.77 bits per heavy atom. The number of ether oxygens (including phenoxy) is 2. The lowest BCUT2D eigenvalue weighted by Crippen LogP contribution is -2.20. The summed E-state index contributed by atoms with van der Waals surface area (Å²) >= 11 is 2.14. The first-order chi connectivity index (χ1) is 19.4. The Kier molecular flexibility index (Phi) is 8.15. The van der Waals surface area contributed by atoms with Crippen LogP contribution in [0, 0.1) is 13.7 Å². The Bertz CT molecular complexity index is 1790. The molecular weight excluding hydrogens is 623 g/mol. The molecule has 0 amide bonds. The minimum Gasteiger partial charge on any atom is -0.490 e. The van der Waals surface area contributed by atoms with Crippen LogP contribution in [0.1, 0.15) is 18.1 Å². The van der Waals surface area contributed by atoms with E-state index < -0.39 is 4.92 Å². The summed E-state index contributed by atoms with van der Waals surface area (Å²) in [5.41, 5.74) is 2.43. The highest BCUT2D eigenvalue weighted by Crippen LogP contribution is 2.35. The van der Waals surface area contributed by atoms with Crippen LogP contribution in [0.4, 0.5) is 5.69 Å². The van der Waals surface area contributed by atoms with Crippen molar-refractivity contribution in [3.05, 3.63) is 126 Å². The van der Waals surface area contributed by atoms with E-state index in [2.05, 4.69) is 27.7 Å². The second kappa shape index (κ2) is 12.1. The highest BCUT2D eigenvalue weighted by molar-refractivity contribution is 14.1. The summed E-state index contributed by atoms with van der Waals surface area (Å²) in [5.74, 6) is 1.44. The van der Waals surface area contributed by atoms with Crippen LogP contribution in [0.2, 0.25) is 0 Å². The predicted molar refractivity (Wildman–Crippen MR) is 162 cm³/mol. The number of fused-ring (bicyclic) bond motifs is 1. The van der Waals surface area contributed by atoms with Crippen LogP contribution in [0.25, 0.3) is 22.3 Å². The fourth-order valence-corrected chi connectivity index (χ4v) is 4.89. The Morgan fingerprint density at radius 1 is 1.00 bits per heavy atom. The van der Waals surface area contributed by atoms with E-state index in [0.29, 0.717) is 46.0 Å². The molecule has 5 rings (SSSR count). The van der Waals surface area contributed by atoms with Crippen molar-refractivity contribution in [2.24, 2.45) is 5.10 Å². The number of hydrogen-bond acceptors (Lipinski definition) is 7. The van der Waals surface area contributed by atoms with Crippen LogP contribution >= 0.6 is 22.6 Å². The van der Waals surface area contributed by atoms with Gasteiger partial charge in [-0.25, -0.2) is 4.98 Å². The highest BCUT2D eigenvalue weighted by atomic mass is 127. The fraction of sp³-hybridized carbons (Fsp3) is 0.100. The SMILES string of the molecule is CCOc1cc(C=Nn2c(-c3ccccc3)nc3ccccc3c2=O)cc(I)c1OCc1cccc([N+](=O)[O-])c1. The molecule has 0 saturated heterocycles. The maximum atomic E-state index is 13.4. The molecule has 40 heavy (non-hydrogen) atoms. The fourth-order valence-electron chi connectivity index (χ4n) is 4.11. The first kappa shape index (κ1) is 27.0. The second-order valence-corrected chi connectivity index (χ2v) is 9.82. The molecule has 0 unspecified atom stereocenters. The average molecular weight is 646 g/mol. The normalized spacial score (nSPS) is 11.2. The molecule has 4 aromatic carbocycles. The highest BCUT2D eigenvalue weighted by Gasteiger charge is 2.15. The lowest BCUT2D eigenvalue weighted by Gasteiger charge is -2.15. The minimum atomic E-state index is -0.438. The molecule has 0 N–H and O–H groups in total. The molecule has 0 bridgehead atoms. The summed E-state index contributed by atoms with van der Waals surface area (Å²) in [4.78, 5) is 28.8. The predicted octanol–water partition coefficient (Wildman–Crippen LogP) is 6.44. The number of nitro groups is 1. The van der Waals surface area contributed by atoms with Gasteiger partial charge in [0.25, 0.3) is 11.2 Å². The van der Waals surface area contributed by atoms with Gasteiger partial charge in [-0.15, -0.1) is 0 Å². The Balaban J connectivity index is 1.50. The molecule has 10 heteroatoms. The smallest absolute Gasteiger partial charge is 0.282 e. The Hall–Kier alpha value is -4.58. The van der Waals surface area contributed by atoms with E-state index in [4.69, 9.17) is 14.5 Å². The average Bonchev–Trinajstić information content (AvgIpc) is 2.97. The summed E-state index contributed by atoms with van der Waals surface area (Å²) in [7, 11) is 0. The molecule has 0 aliphatic carbocycles. The molecular formula is C30H23IN4O5. The first-order valence-electron chi connectivity index (χ1n) is 12.4. The molecule has 0 saturated carbocycles. The van der Waals surface area contributed by atoms with Crippen molar-refractivity contribution in [2.75, 3.05) is 6.61 Å². The van der Waals surface area contributed by atoms with Crippen molar-refractivity contribution in [3.8, 4) is 22.9 Å². The number of nitrogens with zero attached hydrogens (tertiary/aromatic N) is 4. The van der Waals surface area contributed by atoms with Gasteiger partial charge in [-0.3, -0.25) is 14.9 Å². The molecule has 0 aliphatic heterocycles. The van der Waals surface area contributed by atoms with Gasteiger partial charge >= 0.3 is 0 Å². The van der Waals surface area contributed by atoms with Gasteiger partial charge < -0.3 is 9.47 Å².